The fraction of sp³-hybridized carbons (Fsp3) is 0.833. The highest BCUT2D eigenvalue weighted by atomic mass is 32.2. The molecular weight excluding hydrogens is 150 g/mol. The molecule has 0 bridgehead atoms. The number of sulfone groups is 1. The van der Waals surface area contributed by atoms with Crippen LogP contribution in [0.3, 0.4) is 0 Å². The molecular formula is C6H9NO2S. The van der Waals surface area contributed by atoms with E-state index in [1.165, 1.54) is 6.26 Å². The minimum Gasteiger partial charge on any atom is -0.229 e. The molecule has 0 aromatic rings. The second-order valence-electron chi connectivity index (χ2n) is 2.79. The van der Waals surface area contributed by atoms with Crippen LogP contribution in [0.5, 0.6) is 0 Å². The van der Waals surface area contributed by atoms with Gasteiger partial charge in [-0.15, -0.1) is 0 Å². The molecule has 0 N–H and O–H groups in total. The highest BCUT2D eigenvalue weighted by molar-refractivity contribution is 7.92. The summed E-state index contributed by atoms with van der Waals surface area (Å²) in [6.45, 7) is 0. The Kier molecular flexibility index (Phi) is 1.48. The summed E-state index contributed by atoms with van der Waals surface area (Å²) in [7, 11) is -2.98. The predicted octanol–water partition coefficient (Wildman–Crippen LogP) is 0.477. The highest BCUT2D eigenvalue weighted by Crippen LogP contribution is 2.45. The van der Waals surface area contributed by atoms with Crippen molar-refractivity contribution < 1.29 is 8.42 Å². The molecule has 0 atom stereocenters. The maximum absolute atomic E-state index is 11.0. The fourth-order valence-corrected chi connectivity index (χ4v) is 2.13. The zero-order valence-corrected chi connectivity index (χ0v) is 6.61. The maximum Gasteiger partial charge on any atom is 0.154 e. The Bertz CT molecular complexity index is 269. The Morgan fingerprint density at radius 3 is 2.20 bits per heavy atom. The summed E-state index contributed by atoms with van der Waals surface area (Å²) in [5, 5.41) is 8.29. The van der Waals surface area contributed by atoms with Crippen molar-refractivity contribution in [2.75, 3.05) is 6.26 Å². The van der Waals surface area contributed by atoms with Gasteiger partial charge in [0.2, 0.25) is 0 Å². The average Bonchev–Trinajstić information content (AvgIpc) is 2.45. The van der Waals surface area contributed by atoms with Crippen LogP contribution in [-0.2, 0) is 9.84 Å². The highest BCUT2D eigenvalue weighted by Gasteiger charge is 2.51. The van der Waals surface area contributed by atoms with Gasteiger partial charge in [-0.3, -0.25) is 0 Å². The van der Waals surface area contributed by atoms with Gasteiger partial charge in [-0.2, -0.15) is 5.26 Å². The summed E-state index contributed by atoms with van der Waals surface area (Å²) in [5.41, 5.74) is 0. The van der Waals surface area contributed by atoms with Gasteiger partial charge in [0.25, 0.3) is 0 Å². The van der Waals surface area contributed by atoms with E-state index in [1.807, 2.05) is 6.07 Å². The summed E-state index contributed by atoms with van der Waals surface area (Å²) >= 11 is 0. The van der Waals surface area contributed by atoms with Crippen LogP contribution in [0.2, 0.25) is 0 Å². The molecule has 1 aliphatic rings. The zero-order chi connectivity index (χ0) is 7.83. The Labute approximate surface area is 60.6 Å². The first-order chi connectivity index (χ1) is 4.52. The number of hydrogen-bond donors (Lipinski definition) is 0. The number of nitriles is 1. The Balaban J connectivity index is 2.83. The van der Waals surface area contributed by atoms with Crippen molar-refractivity contribution in [2.24, 2.45) is 0 Å². The minimum absolute atomic E-state index is 0.159. The third-order valence-corrected chi connectivity index (χ3v) is 4.12. The lowest BCUT2D eigenvalue weighted by Gasteiger charge is -2.05. The van der Waals surface area contributed by atoms with Crippen molar-refractivity contribution in [3.8, 4) is 6.07 Å². The van der Waals surface area contributed by atoms with Gasteiger partial charge < -0.3 is 0 Å². The van der Waals surface area contributed by atoms with Crippen molar-refractivity contribution >= 4 is 9.84 Å². The first-order valence-electron chi connectivity index (χ1n) is 3.08. The molecule has 0 saturated heterocycles. The normalized spacial score (nSPS) is 21.6. The average molecular weight is 159 g/mol. The van der Waals surface area contributed by atoms with Crippen LogP contribution in [0, 0.1) is 11.3 Å². The van der Waals surface area contributed by atoms with E-state index < -0.39 is 14.6 Å². The first kappa shape index (κ1) is 7.55. The number of hydrogen-bond acceptors (Lipinski definition) is 3. The van der Waals surface area contributed by atoms with Crippen LogP contribution in [0.1, 0.15) is 19.3 Å². The van der Waals surface area contributed by atoms with E-state index in [2.05, 4.69) is 0 Å². The summed E-state index contributed by atoms with van der Waals surface area (Å²) in [6.07, 6.45) is 2.70. The topological polar surface area (TPSA) is 57.9 Å². The molecule has 10 heavy (non-hydrogen) atoms. The molecule has 1 saturated carbocycles. The molecule has 3 nitrogen and oxygen atoms in total. The maximum atomic E-state index is 11.0. The first-order valence-corrected chi connectivity index (χ1v) is 4.97. The smallest absolute Gasteiger partial charge is 0.154 e. The molecule has 1 aliphatic carbocycles. The van der Waals surface area contributed by atoms with Crippen LogP contribution in [-0.4, -0.2) is 19.4 Å². The van der Waals surface area contributed by atoms with Crippen molar-refractivity contribution in [1.29, 1.82) is 5.26 Å². The van der Waals surface area contributed by atoms with Gasteiger partial charge in [-0.25, -0.2) is 8.42 Å². The van der Waals surface area contributed by atoms with Crippen LogP contribution in [0.15, 0.2) is 0 Å². The zero-order valence-electron chi connectivity index (χ0n) is 5.79. The summed E-state index contributed by atoms with van der Waals surface area (Å²) in [4.78, 5) is 0. The summed E-state index contributed by atoms with van der Waals surface area (Å²) < 4.78 is 21.3. The molecule has 0 amide bonds. The van der Waals surface area contributed by atoms with Gasteiger partial charge >= 0.3 is 0 Å². The standard InChI is InChI=1S/C6H9NO2S/c1-10(8,9)6(2-3-6)4-5-7/h2-4H2,1H3. The van der Waals surface area contributed by atoms with Crippen molar-refractivity contribution in [1.82, 2.24) is 0 Å². The molecule has 56 valence electrons. The molecule has 0 aliphatic heterocycles. The van der Waals surface area contributed by atoms with Crippen LogP contribution >= 0.6 is 0 Å². The number of rotatable bonds is 2. The van der Waals surface area contributed by atoms with Gasteiger partial charge in [-0.05, 0) is 12.8 Å². The monoisotopic (exact) mass is 159 g/mol. The van der Waals surface area contributed by atoms with Crippen molar-refractivity contribution in [3.05, 3.63) is 0 Å². The van der Waals surface area contributed by atoms with Crippen LogP contribution in [0.25, 0.3) is 0 Å². The van der Waals surface area contributed by atoms with E-state index in [9.17, 15) is 8.42 Å². The van der Waals surface area contributed by atoms with E-state index >= 15 is 0 Å². The summed E-state index contributed by atoms with van der Waals surface area (Å²) in [6, 6.07) is 1.90. The van der Waals surface area contributed by atoms with Crippen molar-refractivity contribution in [3.63, 3.8) is 0 Å². The Morgan fingerprint density at radius 2 is 2.10 bits per heavy atom. The van der Waals surface area contributed by atoms with Gasteiger partial charge in [0.1, 0.15) is 0 Å². The molecule has 1 rings (SSSR count). The second kappa shape index (κ2) is 1.96. The van der Waals surface area contributed by atoms with Crippen molar-refractivity contribution in [2.45, 2.75) is 24.0 Å². The quantitative estimate of drug-likeness (QED) is 0.588. The molecule has 0 unspecified atom stereocenters. The Hall–Kier alpha value is -0.560. The van der Waals surface area contributed by atoms with E-state index in [4.69, 9.17) is 5.26 Å². The lowest BCUT2D eigenvalue weighted by molar-refractivity contribution is 0.583. The van der Waals surface area contributed by atoms with E-state index in [0.717, 1.165) is 0 Å². The van der Waals surface area contributed by atoms with Crippen LogP contribution < -0.4 is 0 Å². The van der Waals surface area contributed by atoms with E-state index in [0.29, 0.717) is 12.8 Å². The van der Waals surface area contributed by atoms with E-state index in [1.54, 1.807) is 0 Å². The summed E-state index contributed by atoms with van der Waals surface area (Å²) in [5.74, 6) is 0. The van der Waals surface area contributed by atoms with Crippen LogP contribution in [0.4, 0.5) is 0 Å². The van der Waals surface area contributed by atoms with E-state index in [-0.39, 0.29) is 6.42 Å². The molecule has 0 heterocycles. The molecule has 0 spiro atoms. The lowest BCUT2D eigenvalue weighted by atomic mass is 10.3. The molecule has 1 fully saturated rings. The second-order valence-corrected chi connectivity index (χ2v) is 5.20. The third kappa shape index (κ3) is 1.01. The SMILES string of the molecule is CS(=O)(=O)C1(CC#N)CC1. The van der Waals surface area contributed by atoms with Gasteiger partial charge in [0.05, 0.1) is 17.2 Å². The predicted molar refractivity (Wildman–Crippen MR) is 37.0 cm³/mol. The fourth-order valence-electron chi connectivity index (χ4n) is 0.962. The lowest BCUT2D eigenvalue weighted by Crippen LogP contribution is -2.20. The number of nitrogens with zero attached hydrogens (tertiary/aromatic N) is 1. The Morgan fingerprint density at radius 1 is 1.60 bits per heavy atom. The molecule has 4 heteroatoms. The third-order valence-electron chi connectivity index (χ3n) is 2.00. The van der Waals surface area contributed by atoms with Gasteiger partial charge in [0, 0.05) is 6.26 Å². The van der Waals surface area contributed by atoms with Gasteiger partial charge in [0.15, 0.2) is 9.84 Å². The minimum atomic E-state index is -2.98. The molecule has 0 radical (unpaired) electrons. The molecule has 0 aromatic carbocycles. The largest absolute Gasteiger partial charge is 0.229 e. The van der Waals surface area contributed by atoms with Gasteiger partial charge in [-0.1, -0.05) is 0 Å². The molecule has 0 aromatic heterocycles.